The largest absolute Gasteiger partial charge is 0.381 e. The third-order valence-electron chi connectivity index (χ3n) is 3.86. The van der Waals surface area contributed by atoms with Gasteiger partial charge in [-0.15, -0.1) is 0 Å². The maximum Gasteiger partial charge on any atom is 0.279 e. The van der Waals surface area contributed by atoms with Crippen LogP contribution in [-0.4, -0.2) is 45.3 Å². The molecule has 0 saturated carbocycles. The van der Waals surface area contributed by atoms with Crippen LogP contribution in [0, 0.1) is 5.41 Å². The molecule has 0 bridgehead atoms. The zero-order valence-electron chi connectivity index (χ0n) is 12.9. The first-order valence-electron chi connectivity index (χ1n) is 7.63. The van der Waals surface area contributed by atoms with Crippen molar-refractivity contribution in [1.82, 2.24) is 19.9 Å². The van der Waals surface area contributed by atoms with Gasteiger partial charge in [0.2, 0.25) is 0 Å². The van der Waals surface area contributed by atoms with E-state index in [4.69, 9.17) is 10.1 Å². The normalized spacial score (nSPS) is 16.1. The summed E-state index contributed by atoms with van der Waals surface area (Å²) in [5.41, 5.74) is 1.59. The average molecular weight is 333 g/mol. The number of nitrogens with zero attached hydrogens (tertiary/aromatic N) is 3. The summed E-state index contributed by atoms with van der Waals surface area (Å²) in [5, 5.41) is 7.10. The van der Waals surface area contributed by atoms with Crippen molar-refractivity contribution in [1.29, 1.82) is 5.41 Å². The number of imidazole rings is 1. The van der Waals surface area contributed by atoms with Gasteiger partial charge in [0.15, 0.2) is 0 Å². The fraction of sp³-hybridized carbons (Fsp3) is 0.375. The second-order valence-corrected chi connectivity index (χ2v) is 5.49. The summed E-state index contributed by atoms with van der Waals surface area (Å²) in [5.74, 6) is 0.746. The molecule has 2 aromatic heterocycles. The zero-order chi connectivity index (χ0) is 16.9. The lowest BCUT2D eigenvalue weighted by molar-refractivity contribution is 0.0845. The van der Waals surface area contributed by atoms with Crippen molar-refractivity contribution in [3.63, 3.8) is 0 Å². The summed E-state index contributed by atoms with van der Waals surface area (Å²) in [7, 11) is 0. The van der Waals surface area contributed by atoms with Crippen molar-refractivity contribution in [2.75, 3.05) is 13.2 Å². The third kappa shape index (κ3) is 3.88. The topological polar surface area (TPSA) is 87.5 Å². The third-order valence-corrected chi connectivity index (χ3v) is 3.86. The predicted molar refractivity (Wildman–Crippen MR) is 85.2 cm³/mol. The molecule has 126 valence electrons. The molecule has 0 atom stereocenters. The lowest BCUT2D eigenvalue weighted by atomic mass is 9.96. The van der Waals surface area contributed by atoms with Crippen molar-refractivity contribution in [2.45, 2.75) is 25.2 Å². The highest BCUT2D eigenvalue weighted by Crippen LogP contribution is 2.27. The van der Waals surface area contributed by atoms with Crippen molar-refractivity contribution < 1.29 is 13.5 Å². The fourth-order valence-electron chi connectivity index (χ4n) is 2.53. The number of rotatable bonds is 5. The number of H-pyrrole nitrogens is 1. The molecule has 0 aliphatic carbocycles. The Kier molecular flexibility index (Phi) is 5.05. The molecule has 1 aliphatic heterocycles. The summed E-state index contributed by atoms with van der Waals surface area (Å²) in [4.78, 5) is 15.7. The van der Waals surface area contributed by atoms with Crippen LogP contribution < -0.4 is 0 Å². The van der Waals surface area contributed by atoms with Crippen LogP contribution in [0.2, 0.25) is 0 Å². The minimum atomic E-state index is -2.79. The van der Waals surface area contributed by atoms with Crippen LogP contribution in [0.15, 0.2) is 24.7 Å². The molecule has 1 fully saturated rings. The molecule has 3 heterocycles. The minimum Gasteiger partial charge on any atom is -0.381 e. The highest BCUT2D eigenvalue weighted by atomic mass is 19.3. The van der Waals surface area contributed by atoms with Crippen molar-refractivity contribution in [2.24, 2.45) is 0 Å². The molecule has 0 unspecified atom stereocenters. The van der Waals surface area contributed by atoms with Crippen LogP contribution in [0.4, 0.5) is 8.78 Å². The summed E-state index contributed by atoms with van der Waals surface area (Å²) >= 11 is 0. The first-order valence-corrected chi connectivity index (χ1v) is 7.63. The standard InChI is InChI=1S/C16H17F2N5O/c17-16(18)11(19)1-2-15-20-8-14(23-15)13-7-12(21-9-22-13)10-3-5-24-6-4-10/h1-2,7-10,16,19H,3-6H2,(H,20,23)/b2-1-,19-11?. The summed E-state index contributed by atoms with van der Waals surface area (Å²) in [6.45, 7) is 1.47. The molecular formula is C16H17F2N5O. The molecule has 6 nitrogen and oxygen atoms in total. The van der Waals surface area contributed by atoms with Crippen molar-refractivity contribution in [3.8, 4) is 11.4 Å². The van der Waals surface area contributed by atoms with E-state index in [2.05, 4.69) is 19.9 Å². The van der Waals surface area contributed by atoms with E-state index >= 15 is 0 Å². The van der Waals surface area contributed by atoms with Gasteiger partial charge >= 0.3 is 0 Å². The summed E-state index contributed by atoms with van der Waals surface area (Å²) < 4.78 is 29.9. The molecular weight excluding hydrogens is 316 g/mol. The molecule has 0 aromatic carbocycles. The van der Waals surface area contributed by atoms with Gasteiger partial charge < -0.3 is 9.72 Å². The lowest BCUT2D eigenvalue weighted by Gasteiger charge is -2.21. The molecule has 0 spiro atoms. The van der Waals surface area contributed by atoms with Gasteiger partial charge in [-0.2, -0.15) is 0 Å². The Labute approximate surface area is 137 Å². The number of hydrogen-bond acceptors (Lipinski definition) is 5. The molecule has 3 rings (SSSR count). The van der Waals surface area contributed by atoms with E-state index in [0.717, 1.165) is 37.8 Å². The maximum absolute atomic E-state index is 12.3. The second kappa shape index (κ2) is 7.39. The Morgan fingerprint density at radius 2 is 2.08 bits per heavy atom. The van der Waals surface area contributed by atoms with Crippen molar-refractivity contribution >= 4 is 11.8 Å². The van der Waals surface area contributed by atoms with E-state index < -0.39 is 12.1 Å². The van der Waals surface area contributed by atoms with Crippen LogP contribution in [0.5, 0.6) is 0 Å². The molecule has 1 saturated heterocycles. The van der Waals surface area contributed by atoms with E-state index in [-0.39, 0.29) is 0 Å². The monoisotopic (exact) mass is 333 g/mol. The first kappa shape index (κ1) is 16.4. The number of ether oxygens (including phenoxy) is 1. The minimum absolute atomic E-state index is 0.356. The van der Waals surface area contributed by atoms with Gasteiger partial charge in [-0.3, -0.25) is 5.41 Å². The van der Waals surface area contributed by atoms with Gasteiger partial charge in [0.25, 0.3) is 6.43 Å². The summed E-state index contributed by atoms with van der Waals surface area (Å²) in [6.07, 6.45) is 4.55. The molecule has 0 radical (unpaired) electrons. The lowest BCUT2D eigenvalue weighted by Crippen LogP contribution is -2.15. The maximum atomic E-state index is 12.3. The highest BCUT2D eigenvalue weighted by molar-refractivity contribution is 5.97. The molecule has 2 aromatic rings. The Morgan fingerprint density at radius 1 is 1.29 bits per heavy atom. The zero-order valence-corrected chi connectivity index (χ0v) is 12.9. The predicted octanol–water partition coefficient (Wildman–Crippen LogP) is 3.06. The highest BCUT2D eigenvalue weighted by Gasteiger charge is 2.18. The van der Waals surface area contributed by atoms with Gasteiger partial charge in [-0.25, -0.2) is 23.7 Å². The quantitative estimate of drug-likeness (QED) is 0.823. The van der Waals surface area contributed by atoms with E-state index in [1.54, 1.807) is 6.20 Å². The summed E-state index contributed by atoms with van der Waals surface area (Å²) in [6, 6.07) is 1.91. The Bertz CT molecular complexity index is 738. The Hall–Kier alpha value is -2.48. The van der Waals surface area contributed by atoms with Gasteiger partial charge in [-0.05, 0) is 31.1 Å². The SMILES string of the molecule is N=C(/C=C\c1ncc(-c2cc(C3CCOCC3)ncn2)[nH]1)C(F)F. The molecule has 24 heavy (non-hydrogen) atoms. The molecule has 0 amide bonds. The number of hydrogen-bond donors (Lipinski definition) is 2. The van der Waals surface area contributed by atoms with Crippen LogP contribution in [0.25, 0.3) is 17.5 Å². The van der Waals surface area contributed by atoms with E-state index in [1.165, 1.54) is 12.4 Å². The first-order chi connectivity index (χ1) is 11.6. The van der Waals surface area contributed by atoms with Gasteiger partial charge in [0.1, 0.15) is 12.2 Å². The van der Waals surface area contributed by atoms with Crippen LogP contribution in [-0.2, 0) is 4.74 Å². The van der Waals surface area contributed by atoms with Crippen LogP contribution >= 0.6 is 0 Å². The van der Waals surface area contributed by atoms with Gasteiger partial charge in [-0.1, -0.05) is 0 Å². The molecule has 1 aliphatic rings. The fourth-order valence-corrected chi connectivity index (χ4v) is 2.53. The number of nitrogens with one attached hydrogen (secondary N) is 2. The average Bonchev–Trinajstić information content (AvgIpc) is 3.09. The van der Waals surface area contributed by atoms with Gasteiger partial charge in [0, 0.05) is 24.8 Å². The van der Waals surface area contributed by atoms with Crippen LogP contribution in [0.1, 0.15) is 30.3 Å². The number of alkyl halides is 2. The molecule has 8 heteroatoms. The van der Waals surface area contributed by atoms with E-state index in [9.17, 15) is 8.78 Å². The second-order valence-electron chi connectivity index (χ2n) is 5.49. The van der Waals surface area contributed by atoms with Crippen LogP contribution in [0.3, 0.4) is 0 Å². The Morgan fingerprint density at radius 3 is 2.83 bits per heavy atom. The molecule has 2 N–H and O–H groups in total. The number of allylic oxidation sites excluding steroid dienone is 1. The number of aromatic amines is 1. The number of halogens is 2. The smallest absolute Gasteiger partial charge is 0.279 e. The van der Waals surface area contributed by atoms with E-state index in [0.29, 0.717) is 23.1 Å². The Balaban J connectivity index is 1.76. The number of aromatic nitrogens is 4. The van der Waals surface area contributed by atoms with E-state index in [1.807, 2.05) is 6.07 Å². The van der Waals surface area contributed by atoms with Gasteiger partial charge in [0.05, 0.1) is 23.3 Å². The van der Waals surface area contributed by atoms with Crippen molar-refractivity contribution in [3.05, 3.63) is 36.2 Å².